The number of hydrogen-bond acceptors (Lipinski definition) is 2. The topological polar surface area (TPSA) is 25.2 Å². The van der Waals surface area contributed by atoms with Gasteiger partial charge in [-0.25, -0.2) is 0 Å². The standard InChI is InChI=1S/C10H12N2/c1-3-9-7-12-6-5-10(9)8-11-4-2/h3,5-8H,1,4H2,2H3. The Labute approximate surface area is 72.7 Å². The van der Waals surface area contributed by atoms with Gasteiger partial charge in [-0.15, -0.1) is 0 Å². The maximum atomic E-state index is 4.15. The highest BCUT2D eigenvalue weighted by atomic mass is 14.7. The molecule has 0 unspecified atom stereocenters. The summed E-state index contributed by atoms with van der Waals surface area (Å²) >= 11 is 0. The number of pyridine rings is 1. The molecule has 0 radical (unpaired) electrons. The van der Waals surface area contributed by atoms with Crippen LogP contribution < -0.4 is 0 Å². The molecule has 1 aromatic rings. The third kappa shape index (κ3) is 2.02. The second-order valence-corrected chi connectivity index (χ2v) is 2.34. The van der Waals surface area contributed by atoms with Crippen LogP contribution in [-0.2, 0) is 0 Å². The number of aromatic nitrogens is 1. The molecule has 0 saturated carbocycles. The van der Waals surface area contributed by atoms with Crippen molar-refractivity contribution in [3.8, 4) is 0 Å². The van der Waals surface area contributed by atoms with Crippen LogP contribution in [0.5, 0.6) is 0 Å². The average Bonchev–Trinajstić information content (AvgIpc) is 2.15. The molecule has 1 rings (SSSR count). The molecule has 0 fully saturated rings. The highest BCUT2D eigenvalue weighted by Crippen LogP contribution is 2.04. The quantitative estimate of drug-likeness (QED) is 0.622. The molecule has 2 nitrogen and oxygen atoms in total. The van der Waals surface area contributed by atoms with E-state index in [9.17, 15) is 0 Å². The summed E-state index contributed by atoms with van der Waals surface area (Å²) in [6.45, 7) is 6.51. The maximum absolute atomic E-state index is 4.15. The second-order valence-electron chi connectivity index (χ2n) is 2.34. The highest BCUT2D eigenvalue weighted by molar-refractivity contribution is 5.84. The van der Waals surface area contributed by atoms with E-state index in [0.717, 1.165) is 17.7 Å². The SMILES string of the molecule is C=Cc1cnccc1C=NCC. The fraction of sp³-hybridized carbons (Fsp3) is 0.200. The molecule has 1 heterocycles. The van der Waals surface area contributed by atoms with Crippen LogP contribution in [0, 0.1) is 0 Å². The molecule has 0 N–H and O–H groups in total. The molecule has 12 heavy (non-hydrogen) atoms. The van der Waals surface area contributed by atoms with Gasteiger partial charge in [0.25, 0.3) is 0 Å². The summed E-state index contributed by atoms with van der Waals surface area (Å²) in [4.78, 5) is 8.14. The Bertz CT molecular complexity index is 290. The van der Waals surface area contributed by atoms with Gasteiger partial charge in [-0.1, -0.05) is 12.7 Å². The molecule has 0 aromatic carbocycles. The zero-order valence-electron chi connectivity index (χ0n) is 7.20. The van der Waals surface area contributed by atoms with Crippen molar-refractivity contribution in [2.45, 2.75) is 6.92 Å². The smallest absolute Gasteiger partial charge is 0.0361 e. The molecule has 0 spiro atoms. The summed E-state index contributed by atoms with van der Waals surface area (Å²) in [5.41, 5.74) is 2.09. The van der Waals surface area contributed by atoms with E-state index in [2.05, 4.69) is 16.6 Å². The van der Waals surface area contributed by atoms with Gasteiger partial charge in [0.2, 0.25) is 0 Å². The van der Waals surface area contributed by atoms with Crippen LogP contribution in [0.4, 0.5) is 0 Å². The van der Waals surface area contributed by atoms with Crippen molar-refractivity contribution >= 4 is 12.3 Å². The van der Waals surface area contributed by atoms with Gasteiger partial charge in [-0.2, -0.15) is 0 Å². The van der Waals surface area contributed by atoms with E-state index >= 15 is 0 Å². The van der Waals surface area contributed by atoms with Crippen molar-refractivity contribution in [3.63, 3.8) is 0 Å². The number of aliphatic imine (C=N–C) groups is 1. The van der Waals surface area contributed by atoms with Crippen LogP contribution in [0.2, 0.25) is 0 Å². The Kier molecular flexibility index (Phi) is 3.20. The first-order valence-electron chi connectivity index (χ1n) is 3.94. The van der Waals surface area contributed by atoms with Crippen LogP contribution in [0.1, 0.15) is 18.1 Å². The lowest BCUT2D eigenvalue weighted by Crippen LogP contribution is -1.88. The molecule has 0 bridgehead atoms. The first-order valence-corrected chi connectivity index (χ1v) is 3.94. The minimum absolute atomic E-state index is 0.804. The largest absolute Gasteiger partial charge is 0.293 e. The summed E-state index contributed by atoms with van der Waals surface area (Å²) in [5.74, 6) is 0. The van der Waals surface area contributed by atoms with Crippen molar-refractivity contribution < 1.29 is 0 Å². The number of hydrogen-bond donors (Lipinski definition) is 0. The molecule has 2 heteroatoms. The lowest BCUT2D eigenvalue weighted by molar-refractivity contribution is 1.14. The lowest BCUT2D eigenvalue weighted by atomic mass is 10.1. The van der Waals surface area contributed by atoms with Gasteiger partial charge in [-0.3, -0.25) is 9.98 Å². The maximum Gasteiger partial charge on any atom is 0.0361 e. The molecule has 0 aliphatic carbocycles. The van der Waals surface area contributed by atoms with Crippen LogP contribution in [0.15, 0.2) is 30.0 Å². The van der Waals surface area contributed by atoms with Gasteiger partial charge in [0.05, 0.1) is 0 Å². The lowest BCUT2D eigenvalue weighted by Gasteiger charge is -1.96. The van der Waals surface area contributed by atoms with Gasteiger partial charge in [-0.05, 0) is 13.0 Å². The minimum Gasteiger partial charge on any atom is -0.293 e. The fourth-order valence-electron chi connectivity index (χ4n) is 0.895. The van der Waals surface area contributed by atoms with Crippen molar-refractivity contribution in [2.75, 3.05) is 6.54 Å². The summed E-state index contributed by atoms with van der Waals surface area (Å²) in [7, 11) is 0. The molecular weight excluding hydrogens is 148 g/mol. The zero-order chi connectivity index (χ0) is 8.81. The average molecular weight is 160 g/mol. The predicted molar refractivity (Wildman–Crippen MR) is 52.5 cm³/mol. The Balaban J connectivity index is 2.96. The van der Waals surface area contributed by atoms with Gasteiger partial charge in [0, 0.05) is 36.3 Å². The van der Waals surface area contributed by atoms with E-state index in [1.54, 1.807) is 18.5 Å². The monoisotopic (exact) mass is 160 g/mol. The number of nitrogens with zero attached hydrogens (tertiary/aromatic N) is 2. The molecule has 0 aliphatic rings. The van der Waals surface area contributed by atoms with Crippen molar-refractivity contribution in [1.29, 1.82) is 0 Å². The van der Waals surface area contributed by atoms with Gasteiger partial charge >= 0.3 is 0 Å². The zero-order valence-corrected chi connectivity index (χ0v) is 7.20. The Hall–Kier alpha value is -1.44. The van der Waals surface area contributed by atoms with Crippen molar-refractivity contribution in [1.82, 2.24) is 4.98 Å². The van der Waals surface area contributed by atoms with Crippen LogP contribution in [-0.4, -0.2) is 17.7 Å². The van der Waals surface area contributed by atoms with E-state index in [0.29, 0.717) is 0 Å². The van der Waals surface area contributed by atoms with Crippen LogP contribution >= 0.6 is 0 Å². The van der Waals surface area contributed by atoms with Gasteiger partial charge in [0.1, 0.15) is 0 Å². The van der Waals surface area contributed by atoms with Crippen LogP contribution in [0.25, 0.3) is 6.08 Å². The molecule has 0 saturated heterocycles. The third-order valence-corrected chi connectivity index (χ3v) is 1.52. The third-order valence-electron chi connectivity index (χ3n) is 1.52. The van der Waals surface area contributed by atoms with Crippen molar-refractivity contribution in [3.05, 3.63) is 36.2 Å². The molecular formula is C10H12N2. The van der Waals surface area contributed by atoms with Gasteiger partial charge < -0.3 is 0 Å². The first-order chi connectivity index (χ1) is 5.88. The predicted octanol–water partition coefficient (Wildman–Crippen LogP) is 2.16. The minimum atomic E-state index is 0.804. The molecule has 0 amide bonds. The second kappa shape index (κ2) is 4.44. The summed E-state index contributed by atoms with van der Waals surface area (Å²) in [5, 5.41) is 0. The molecule has 1 aromatic heterocycles. The molecule has 0 aliphatic heterocycles. The van der Waals surface area contributed by atoms with E-state index in [-0.39, 0.29) is 0 Å². The van der Waals surface area contributed by atoms with Gasteiger partial charge in [0.15, 0.2) is 0 Å². The Morgan fingerprint density at radius 2 is 2.42 bits per heavy atom. The Morgan fingerprint density at radius 3 is 3.08 bits per heavy atom. The van der Waals surface area contributed by atoms with Crippen LogP contribution in [0.3, 0.4) is 0 Å². The summed E-state index contributed by atoms with van der Waals surface area (Å²) in [6, 6.07) is 1.93. The normalized spacial score (nSPS) is 10.4. The van der Waals surface area contributed by atoms with E-state index in [1.807, 2.05) is 19.2 Å². The van der Waals surface area contributed by atoms with E-state index < -0.39 is 0 Å². The highest BCUT2D eigenvalue weighted by Gasteiger charge is 1.92. The van der Waals surface area contributed by atoms with E-state index in [1.165, 1.54) is 0 Å². The summed E-state index contributed by atoms with van der Waals surface area (Å²) < 4.78 is 0. The molecule has 62 valence electrons. The van der Waals surface area contributed by atoms with E-state index in [4.69, 9.17) is 0 Å². The molecule has 0 atom stereocenters. The first kappa shape index (κ1) is 8.65. The fourth-order valence-corrected chi connectivity index (χ4v) is 0.895. The Morgan fingerprint density at radius 1 is 1.58 bits per heavy atom. The van der Waals surface area contributed by atoms with Crippen molar-refractivity contribution in [2.24, 2.45) is 4.99 Å². The summed E-state index contributed by atoms with van der Waals surface area (Å²) in [6.07, 6.45) is 7.16. The number of rotatable bonds is 3.